The third kappa shape index (κ3) is 3.78. The average molecular weight is 394 g/mol. The monoisotopic (exact) mass is 393 g/mol. The highest BCUT2D eigenvalue weighted by Gasteiger charge is 2.30. The largest absolute Gasteiger partial charge is 0.495 e. The molecule has 3 rings (SSSR count). The van der Waals surface area contributed by atoms with E-state index in [-0.39, 0.29) is 11.9 Å². The number of halogens is 1. The van der Waals surface area contributed by atoms with Crippen LogP contribution in [0.4, 0.5) is 5.69 Å². The van der Waals surface area contributed by atoms with Gasteiger partial charge in [-0.15, -0.1) is 11.3 Å². The van der Waals surface area contributed by atoms with Gasteiger partial charge in [0, 0.05) is 21.7 Å². The number of hydrogen-bond donors (Lipinski definition) is 3. The Bertz CT molecular complexity index is 850. The Kier molecular flexibility index (Phi) is 5.27. The number of methoxy groups -OCH3 is 1. The zero-order valence-corrected chi connectivity index (χ0v) is 15.9. The molecule has 1 aliphatic rings. The standard InChI is InChI=1S/C17H16ClN3O2S2/c1-9-14(15(21-17(24)19-9)13-4-3-7-25-13)16(22)20-11-6-5-10(18)8-12(11)23-2/h3-8,15H,1-2H3,(H,20,22)(H2,19,21,24)/t15-/m0/s1. The Labute approximate surface area is 160 Å². The van der Waals surface area contributed by atoms with E-state index in [1.165, 1.54) is 7.11 Å². The number of carbonyl (C=O) groups is 1. The predicted molar refractivity (Wildman–Crippen MR) is 105 cm³/mol. The molecule has 1 atom stereocenters. The summed E-state index contributed by atoms with van der Waals surface area (Å²) in [5, 5.41) is 12.1. The molecular formula is C17H16ClN3O2S2. The van der Waals surface area contributed by atoms with Gasteiger partial charge in [-0.25, -0.2) is 0 Å². The highest BCUT2D eigenvalue weighted by molar-refractivity contribution is 7.80. The summed E-state index contributed by atoms with van der Waals surface area (Å²) in [6, 6.07) is 8.68. The molecule has 0 aliphatic carbocycles. The number of ether oxygens (including phenoxy) is 1. The first-order chi connectivity index (χ1) is 12.0. The van der Waals surface area contributed by atoms with E-state index in [2.05, 4.69) is 16.0 Å². The van der Waals surface area contributed by atoms with E-state index in [1.54, 1.807) is 29.5 Å². The molecule has 0 spiro atoms. The molecule has 5 nitrogen and oxygen atoms in total. The van der Waals surface area contributed by atoms with Gasteiger partial charge in [-0.2, -0.15) is 0 Å². The maximum absolute atomic E-state index is 13.0. The Balaban J connectivity index is 1.94. The van der Waals surface area contributed by atoms with Gasteiger partial charge < -0.3 is 20.7 Å². The molecule has 2 heterocycles. The van der Waals surface area contributed by atoms with Crippen molar-refractivity contribution in [3.8, 4) is 5.75 Å². The minimum absolute atomic E-state index is 0.237. The lowest BCUT2D eigenvalue weighted by Crippen LogP contribution is -2.45. The van der Waals surface area contributed by atoms with Crippen LogP contribution in [0.5, 0.6) is 5.75 Å². The summed E-state index contributed by atoms with van der Waals surface area (Å²) in [6.45, 7) is 1.84. The van der Waals surface area contributed by atoms with E-state index in [4.69, 9.17) is 28.6 Å². The third-order valence-corrected chi connectivity index (χ3v) is 5.15. The summed E-state index contributed by atoms with van der Waals surface area (Å²) in [5.74, 6) is 0.262. The van der Waals surface area contributed by atoms with E-state index >= 15 is 0 Å². The summed E-state index contributed by atoms with van der Waals surface area (Å²) in [4.78, 5) is 14.0. The Morgan fingerprint density at radius 2 is 2.20 bits per heavy atom. The second-order valence-electron chi connectivity index (χ2n) is 5.38. The van der Waals surface area contributed by atoms with Crippen molar-refractivity contribution >= 4 is 51.9 Å². The molecular weight excluding hydrogens is 378 g/mol. The molecule has 130 valence electrons. The van der Waals surface area contributed by atoms with Gasteiger partial charge >= 0.3 is 0 Å². The Morgan fingerprint density at radius 1 is 1.40 bits per heavy atom. The van der Waals surface area contributed by atoms with Crippen molar-refractivity contribution in [1.82, 2.24) is 10.6 Å². The van der Waals surface area contributed by atoms with Crippen molar-refractivity contribution in [3.63, 3.8) is 0 Å². The van der Waals surface area contributed by atoms with Crippen molar-refractivity contribution in [1.29, 1.82) is 0 Å². The first-order valence-electron chi connectivity index (χ1n) is 7.46. The van der Waals surface area contributed by atoms with Gasteiger partial charge in [0.15, 0.2) is 5.11 Å². The number of allylic oxidation sites excluding steroid dienone is 1. The maximum atomic E-state index is 13.0. The Morgan fingerprint density at radius 3 is 2.88 bits per heavy atom. The van der Waals surface area contributed by atoms with Crippen molar-refractivity contribution in [2.24, 2.45) is 0 Å². The lowest BCUT2D eigenvalue weighted by Gasteiger charge is -2.29. The molecule has 8 heteroatoms. The fourth-order valence-electron chi connectivity index (χ4n) is 2.62. The molecule has 0 unspecified atom stereocenters. The number of rotatable bonds is 4. The van der Waals surface area contributed by atoms with Gasteiger partial charge in [-0.1, -0.05) is 17.7 Å². The minimum atomic E-state index is -0.299. The number of carbonyl (C=O) groups excluding carboxylic acids is 1. The normalized spacial score (nSPS) is 16.9. The third-order valence-electron chi connectivity index (χ3n) is 3.75. The van der Waals surface area contributed by atoms with Gasteiger partial charge in [-0.3, -0.25) is 4.79 Å². The summed E-state index contributed by atoms with van der Waals surface area (Å²) in [7, 11) is 1.53. The summed E-state index contributed by atoms with van der Waals surface area (Å²) in [6.07, 6.45) is 0. The molecule has 1 amide bonds. The summed E-state index contributed by atoms with van der Waals surface area (Å²) in [5.41, 5.74) is 1.84. The van der Waals surface area contributed by atoms with E-state index in [0.717, 1.165) is 4.88 Å². The van der Waals surface area contributed by atoms with Gasteiger partial charge in [-0.05, 0) is 42.7 Å². The topological polar surface area (TPSA) is 62.4 Å². The van der Waals surface area contributed by atoms with Gasteiger partial charge in [0.2, 0.25) is 0 Å². The van der Waals surface area contributed by atoms with Gasteiger partial charge in [0.1, 0.15) is 5.75 Å². The molecule has 1 aliphatic heterocycles. The molecule has 0 fully saturated rings. The predicted octanol–water partition coefficient (Wildman–Crippen LogP) is 3.84. The van der Waals surface area contributed by atoms with Crippen LogP contribution >= 0.6 is 35.2 Å². The van der Waals surface area contributed by atoms with Crippen LogP contribution in [0.3, 0.4) is 0 Å². The van der Waals surface area contributed by atoms with Crippen LogP contribution in [0.25, 0.3) is 0 Å². The fraction of sp³-hybridized carbons (Fsp3) is 0.176. The van der Waals surface area contributed by atoms with Crippen LogP contribution < -0.4 is 20.7 Å². The van der Waals surface area contributed by atoms with Crippen LogP contribution in [0.2, 0.25) is 5.02 Å². The van der Waals surface area contributed by atoms with Crippen molar-refractivity contribution < 1.29 is 9.53 Å². The van der Waals surface area contributed by atoms with Crippen molar-refractivity contribution in [2.45, 2.75) is 13.0 Å². The quantitative estimate of drug-likeness (QED) is 0.689. The zero-order chi connectivity index (χ0) is 18.0. The Hall–Kier alpha value is -2.09. The first-order valence-corrected chi connectivity index (χ1v) is 9.12. The fourth-order valence-corrected chi connectivity index (χ4v) is 3.84. The van der Waals surface area contributed by atoms with Gasteiger partial charge in [0.05, 0.1) is 24.4 Å². The number of hydrogen-bond acceptors (Lipinski definition) is 4. The lowest BCUT2D eigenvalue weighted by atomic mass is 10.0. The van der Waals surface area contributed by atoms with Crippen LogP contribution in [0, 0.1) is 0 Å². The van der Waals surface area contributed by atoms with E-state index in [9.17, 15) is 4.79 Å². The first kappa shape index (κ1) is 17.7. The van der Waals surface area contributed by atoms with Crippen molar-refractivity contribution in [2.75, 3.05) is 12.4 Å². The van der Waals surface area contributed by atoms with Crippen LogP contribution in [-0.2, 0) is 4.79 Å². The molecule has 1 aromatic carbocycles. The second kappa shape index (κ2) is 7.43. The average Bonchev–Trinajstić information content (AvgIpc) is 3.10. The number of benzene rings is 1. The highest BCUT2D eigenvalue weighted by Crippen LogP contribution is 2.32. The molecule has 0 saturated heterocycles. The van der Waals surface area contributed by atoms with Crippen LogP contribution in [0.15, 0.2) is 47.0 Å². The number of nitrogens with one attached hydrogen (secondary N) is 3. The number of thiocarbonyl (C=S) groups is 1. The van der Waals surface area contributed by atoms with E-state index in [1.807, 2.05) is 24.4 Å². The van der Waals surface area contributed by atoms with Crippen molar-refractivity contribution in [3.05, 3.63) is 56.9 Å². The second-order valence-corrected chi connectivity index (χ2v) is 7.21. The maximum Gasteiger partial charge on any atom is 0.255 e. The molecule has 25 heavy (non-hydrogen) atoms. The van der Waals surface area contributed by atoms with Crippen LogP contribution in [-0.4, -0.2) is 18.1 Å². The number of thiophene rings is 1. The van der Waals surface area contributed by atoms with Gasteiger partial charge in [0.25, 0.3) is 5.91 Å². The summed E-state index contributed by atoms with van der Waals surface area (Å²) >= 11 is 12.8. The van der Waals surface area contributed by atoms with E-state index in [0.29, 0.717) is 32.8 Å². The molecule has 0 bridgehead atoms. The zero-order valence-electron chi connectivity index (χ0n) is 13.6. The van der Waals surface area contributed by atoms with Crippen LogP contribution in [0.1, 0.15) is 17.8 Å². The lowest BCUT2D eigenvalue weighted by molar-refractivity contribution is -0.113. The number of amides is 1. The molecule has 2 aromatic rings. The highest BCUT2D eigenvalue weighted by atomic mass is 35.5. The molecule has 0 saturated carbocycles. The molecule has 3 N–H and O–H groups in total. The van der Waals surface area contributed by atoms with E-state index < -0.39 is 0 Å². The smallest absolute Gasteiger partial charge is 0.255 e. The SMILES string of the molecule is COc1cc(Cl)ccc1NC(=O)C1=C(C)NC(=S)N[C@H]1c1cccs1. The number of anilines is 1. The summed E-state index contributed by atoms with van der Waals surface area (Å²) < 4.78 is 5.29. The minimum Gasteiger partial charge on any atom is -0.495 e. The molecule has 0 radical (unpaired) electrons. The molecule has 1 aromatic heterocycles.